The first-order chi connectivity index (χ1) is 13.2. The largest absolute Gasteiger partial charge is 0.482 e. The molecule has 1 heterocycles. The van der Waals surface area contributed by atoms with E-state index < -0.39 is 0 Å². The number of amides is 1. The zero-order valence-corrected chi connectivity index (χ0v) is 15.9. The molecule has 3 aromatic rings. The highest BCUT2D eigenvalue weighted by Gasteiger charge is 2.18. The number of nitrogens with zero attached hydrogens (tertiary/aromatic N) is 2. The molecule has 0 bridgehead atoms. The lowest BCUT2D eigenvalue weighted by Crippen LogP contribution is -2.35. The number of hydrogen-bond donors (Lipinski definition) is 0. The second-order valence-corrected chi connectivity index (χ2v) is 6.46. The Balaban J connectivity index is 1.76. The molecule has 0 fully saturated rings. The summed E-state index contributed by atoms with van der Waals surface area (Å²) < 4.78 is 5.62. The van der Waals surface area contributed by atoms with Crippen LogP contribution in [0.15, 0.2) is 72.9 Å². The number of benzene rings is 2. The second-order valence-electron chi connectivity index (χ2n) is 6.06. The second kappa shape index (κ2) is 9.19. The maximum atomic E-state index is 12.9. The predicted molar refractivity (Wildman–Crippen MR) is 108 cm³/mol. The summed E-state index contributed by atoms with van der Waals surface area (Å²) in [7, 11) is 0. The van der Waals surface area contributed by atoms with Crippen molar-refractivity contribution in [3.05, 3.63) is 89.1 Å². The van der Waals surface area contributed by atoms with Gasteiger partial charge in [-0.25, -0.2) is 4.98 Å². The molecular weight excluding hydrogens is 360 g/mol. The van der Waals surface area contributed by atoms with E-state index in [-0.39, 0.29) is 12.5 Å². The van der Waals surface area contributed by atoms with Crippen LogP contribution in [0.5, 0.6) is 5.75 Å². The minimum Gasteiger partial charge on any atom is -0.482 e. The molecule has 2 aromatic carbocycles. The van der Waals surface area contributed by atoms with Gasteiger partial charge >= 0.3 is 0 Å². The molecule has 5 heteroatoms. The molecule has 0 unspecified atom stereocenters. The summed E-state index contributed by atoms with van der Waals surface area (Å²) in [6.45, 7) is 2.42. The minimum absolute atomic E-state index is 0.118. The van der Waals surface area contributed by atoms with Crippen molar-refractivity contribution in [3.63, 3.8) is 0 Å². The third-order valence-electron chi connectivity index (χ3n) is 4.19. The Morgan fingerprint density at radius 2 is 1.70 bits per heavy atom. The average molecular weight is 381 g/mol. The molecule has 3 rings (SSSR count). The summed E-state index contributed by atoms with van der Waals surface area (Å²) in [6, 6.07) is 20.8. The predicted octanol–water partition coefficient (Wildman–Crippen LogP) is 4.91. The van der Waals surface area contributed by atoms with Gasteiger partial charge < -0.3 is 4.74 Å². The highest BCUT2D eigenvalue weighted by atomic mass is 35.5. The van der Waals surface area contributed by atoms with Crippen LogP contribution >= 0.6 is 11.6 Å². The van der Waals surface area contributed by atoms with Crippen LogP contribution in [0.3, 0.4) is 0 Å². The van der Waals surface area contributed by atoms with Crippen LogP contribution < -0.4 is 9.64 Å². The van der Waals surface area contributed by atoms with Crippen molar-refractivity contribution >= 4 is 23.3 Å². The molecule has 1 amide bonds. The van der Waals surface area contributed by atoms with Crippen LogP contribution in [0.1, 0.15) is 18.1 Å². The van der Waals surface area contributed by atoms with Crippen LogP contribution in [0.2, 0.25) is 5.02 Å². The number of hydrogen-bond acceptors (Lipinski definition) is 3. The van der Waals surface area contributed by atoms with Gasteiger partial charge in [0.15, 0.2) is 6.61 Å². The zero-order chi connectivity index (χ0) is 19.1. The van der Waals surface area contributed by atoms with Gasteiger partial charge in [-0.3, -0.25) is 9.69 Å². The number of anilines is 1. The number of halogens is 1. The first-order valence-corrected chi connectivity index (χ1v) is 9.21. The topological polar surface area (TPSA) is 42.4 Å². The van der Waals surface area contributed by atoms with Gasteiger partial charge in [-0.15, -0.1) is 0 Å². The van der Waals surface area contributed by atoms with E-state index in [2.05, 4.69) is 24.0 Å². The Kier molecular flexibility index (Phi) is 6.44. The van der Waals surface area contributed by atoms with Gasteiger partial charge in [0.1, 0.15) is 11.6 Å². The molecule has 0 aliphatic heterocycles. The molecule has 27 heavy (non-hydrogen) atoms. The van der Waals surface area contributed by atoms with Crippen molar-refractivity contribution in [2.45, 2.75) is 19.9 Å². The van der Waals surface area contributed by atoms with E-state index in [1.54, 1.807) is 23.2 Å². The lowest BCUT2D eigenvalue weighted by Gasteiger charge is -2.22. The summed E-state index contributed by atoms with van der Waals surface area (Å²) in [4.78, 5) is 18.8. The Morgan fingerprint density at radius 3 is 2.37 bits per heavy atom. The van der Waals surface area contributed by atoms with Gasteiger partial charge in [0.05, 0.1) is 11.6 Å². The SMILES string of the molecule is CCc1ccc(CN(C(=O)COc2ccccc2Cl)c2ccccn2)cc1. The van der Waals surface area contributed by atoms with Gasteiger partial charge in [0.25, 0.3) is 5.91 Å². The van der Waals surface area contributed by atoms with E-state index in [1.165, 1.54) is 5.56 Å². The fraction of sp³-hybridized carbons (Fsp3) is 0.182. The molecule has 0 saturated carbocycles. The maximum Gasteiger partial charge on any atom is 0.266 e. The Bertz CT molecular complexity index is 882. The highest BCUT2D eigenvalue weighted by Crippen LogP contribution is 2.23. The van der Waals surface area contributed by atoms with Gasteiger partial charge in [-0.05, 0) is 41.8 Å². The molecule has 0 N–H and O–H groups in total. The third kappa shape index (κ3) is 5.08. The van der Waals surface area contributed by atoms with Gasteiger partial charge in [0.2, 0.25) is 0 Å². The minimum atomic E-state index is -0.187. The summed E-state index contributed by atoms with van der Waals surface area (Å²) in [5, 5.41) is 0.477. The zero-order valence-electron chi connectivity index (χ0n) is 15.1. The number of ether oxygens (including phenoxy) is 1. The van der Waals surface area contributed by atoms with Crippen molar-refractivity contribution < 1.29 is 9.53 Å². The molecule has 0 radical (unpaired) electrons. The lowest BCUT2D eigenvalue weighted by molar-refractivity contribution is -0.120. The number of rotatable bonds is 7. The van der Waals surface area contributed by atoms with Crippen LogP contribution in [-0.4, -0.2) is 17.5 Å². The molecular formula is C22H21ClN2O2. The number of carbonyl (C=O) groups is 1. The fourth-order valence-corrected chi connectivity index (χ4v) is 2.84. The smallest absolute Gasteiger partial charge is 0.266 e. The fourth-order valence-electron chi connectivity index (χ4n) is 2.65. The van der Waals surface area contributed by atoms with Crippen molar-refractivity contribution in [1.29, 1.82) is 0 Å². The molecule has 0 saturated heterocycles. The molecule has 138 valence electrons. The standard InChI is InChI=1S/C22H21ClN2O2/c1-2-17-10-12-18(13-11-17)15-25(21-9-5-6-14-24-21)22(26)16-27-20-8-4-3-7-19(20)23/h3-14H,2,15-16H2,1H3. The number of aryl methyl sites for hydroxylation is 1. The molecule has 0 aliphatic rings. The van der Waals surface area contributed by atoms with Gasteiger partial charge in [-0.2, -0.15) is 0 Å². The van der Waals surface area contributed by atoms with Crippen molar-refractivity contribution in [1.82, 2.24) is 4.98 Å². The van der Waals surface area contributed by atoms with Crippen molar-refractivity contribution in [3.8, 4) is 5.75 Å². The molecule has 0 aliphatic carbocycles. The average Bonchev–Trinajstić information content (AvgIpc) is 2.72. The first kappa shape index (κ1) is 18.9. The van der Waals surface area contributed by atoms with E-state index >= 15 is 0 Å². The Hall–Kier alpha value is -2.85. The van der Waals surface area contributed by atoms with Crippen LogP contribution in [0.4, 0.5) is 5.82 Å². The number of para-hydroxylation sites is 1. The van der Waals surface area contributed by atoms with E-state index in [9.17, 15) is 4.79 Å². The molecule has 1 aromatic heterocycles. The van der Waals surface area contributed by atoms with Crippen LogP contribution in [-0.2, 0) is 17.8 Å². The lowest BCUT2D eigenvalue weighted by atomic mass is 10.1. The summed E-state index contributed by atoms with van der Waals surface area (Å²) >= 11 is 6.10. The summed E-state index contributed by atoms with van der Waals surface area (Å²) in [5.74, 6) is 0.888. The third-order valence-corrected chi connectivity index (χ3v) is 4.50. The van der Waals surface area contributed by atoms with E-state index in [0.717, 1.165) is 12.0 Å². The molecule has 4 nitrogen and oxygen atoms in total. The van der Waals surface area contributed by atoms with Gasteiger partial charge in [0, 0.05) is 6.20 Å². The Labute approximate surface area is 164 Å². The molecule has 0 spiro atoms. The Morgan fingerprint density at radius 1 is 1.00 bits per heavy atom. The maximum absolute atomic E-state index is 12.9. The quantitative estimate of drug-likeness (QED) is 0.584. The van der Waals surface area contributed by atoms with E-state index in [4.69, 9.17) is 16.3 Å². The highest BCUT2D eigenvalue weighted by molar-refractivity contribution is 6.32. The van der Waals surface area contributed by atoms with Gasteiger partial charge in [-0.1, -0.05) is 61.0 Å². The summed E-state index contributed by atoms with van der Waals surface area (Å²) in [6.07, 6.45) is 2.65. The number of carbonyl (C=O) groups excluding carboxylic acids is 1. The number of aromatic nitrogens is 1. The number of pyridine rings is 1. The van der Waals surface area contributed by atoms with E-state index in [1.807, 2.05) is 42.5 Å². The summed E-state index contributed by atoms with van der Waals surface area (Å²) in [5.41, 5.74) is 2.29. The van der Waals surface area contributed by atoms with E-state index in [0.29, 0.717) is 23.1 Å². The normalized spacial score (nSPS) is 10.4. The van der Waals surface area contributed by atoms with Crippen molar-refractivity contribution in [2.75, 3.05) is 11.5 Å². The van der Waals surface area contributed by atoms with Crippen molar-refractivity contribution in [2.24, 2.45) is 0 Å². The van der Waals surface area contributed by atoms with Crippen LogP contribution in [0, 0.1) is 0 Å². The molecule has 0 atom stereocenters. The first-order valence-electron chi connectivity index (χ1n) is 8.84. The van der Waals surface area contributed by atoms with Crippen LogP contribution in [0.25, 0.3) is 0 Å². The monoisotopic (exact) mass is 380 g/mol.